The monoisotopic (exact) mass is 184 g/mol. The third kappa shape index (κ3) is 1.60. The van der Waals surface area contributed by atoms with Crippen LogP contribution in [0.3, 0.4) is 0 Å². The fourth-order valence-electron chi connectivity index (χ4n) is 2.32. The highest BCUT2D eigenvalue weighted by Gasteiger charge is 2.44. The molecule has 2 aliphatic heterocycles. The summed E-state index contributed by atoms with van der Waals surface area (Å²) in [6.07, 6.45) is 1.23. The lowest BCUT2D eigenvalue weighted by molar-refractivity contribution is -0.141. The number of hydrogen-bond acceptors (Lipinski definition) is 3. The largest absolute Gasteiger partial charge is 0.380 e. The van der Waals surface area contributed by atoms with E-state index in [-0.39, 0.29) is 0 Å². The van der Waals surface area contributed by atoms with Crippen molar-refractivity contribution in [3.63, 3.8) is 0 Å². The van der Waals surface area contributed by atoms with E-state index in [0.29, 0.717) is 11.5 Å². The van der Waals surface area contributed by atoms with Crippen LogP contribution >= 0.6 is 0 Å². The summed E-state index contributed by atoms with van der Waals surface area (Å²) in [5, 5.41) is 3.62. The summed E-state index contributed by atoms with van der Waals surface area (Å²) in [7, 11) is 2.21. The van der Waals surface area contributed by atoms with Crippen molar-refractivity contribution < 1.29 is 4.74 Å². The first-order valence-electron chi connectivity index (χ1n) is 5.26. The quantitative estimate of drug-likeness (QED) is 0.669. The lowest BCUT2D eigenvalue weighted by atomic mass is 9.75. The minimum Gasteiger partial charge on any atom is -0.380 e. The molecule has 0 saturated carbocycles. The summed E-state index contributed by atoms with van der Waals surface area (Å²) in [6.45, 7) is 7.67. The smallest absolute Gasteiger partial charge is 0.0560 e. The Morgan fingerprint density at radius 3 is 2.77 bits per heavy atom. The van der Waals surface area contributed by atoms with E-state index >= 15 is 0 Å². The van der Waals surface area contributed by atoms with Crippen LogP contribution in [0.1, 0.15) is 13.3 Å². The predicted molar refractivity (Wildman–Crippen MR) is 52.8 cm³/mol. The van der Waals surface area contributed by atoms with Crippen LogP contribution in [0.2, 0.25) is 0 Å². The maximum absolute atomic E-state index is 5.36. The first-order chi connectivity index (χ1) is 6.27. The van der Waals surface area contributed by atoms with E-state index < -0.39 is 0 Å². The van der Waals surface area contributed by atoms with E-state index in [2.05, 4.69) is 24.2 Å². The Morgan fingerprint density at radius 1 is 1.54 bits per heavy atom. The SMILES string of the molecule is CCC1(C2CN(C)CCN2)COC1. The van der Waals surface area contributed by atoms with Gasteiger partial charge in [0.15, 0.2) is 0 Å². The molecule has 2 fully saturated rings. The summed E-state index contributed by atoms with van der Waals surface area (Å²) in [4.78, 5) is 2.41. The van der Waals surface area contributed by atoms with Crippen LogP contribution < -0.4 is 5.32 Å². The van der Waals surface area contributed by atoms with Gasteiger partial charge < -0.3 is 15.0 Å². The molecule has 3 nitrogen and oxygen atoms in total. The molecule has 0 radical (unpaired) electrons. The predicted octanol–water partition coefficient (Wildman–Crippen LogP) is 0.317. The maximum atomic E-state index is 5.36. The van der Waals surface area contributed by atoms with Gasteiger partial charge in [-0.1, -0.05) is 6.92 Å². The number of ether oxygens (including phenoxy) is 1. The molecule has 2 rings (SSSR count). The Kier molecular flexibility index (Phi) is 2.58. The number of rotatable bonds is 2. The lowest BCUT2D eigenvalue weighted by Gasteiger charge is -2.50. The molecule has 0 amide bonds. The summed E-state index contributed by atoms with van der Waals surface area (Å²) < 4.78 is 5.36. The second kappa shape index (κ2) is 3.56. The molecule has 2 aliphatic rings. The van der Waals surface area contributed by atoms with Gasteiger partial charge in [0.05, 0.1) is 13.2 Å². The minimum absolute atomic E-state index is 0.439. The number of hydrogen-bond donors (Lipinski definition) is 1. The van der Waals surface area contributed by atoms with Crippen LogP contribution in [0.25, 0.3) is 0 Å². The van der Waals surface area contributed by atoms with Gasteiger partial charge in [0.1, 0.15) is 0 Å². The molecule has 1 unspecified atom stereocenters. The van der Waals surface area contributed by atoms with Crippen molar-refractivity contribution in [3.8, 4) is 0 Å². The molecular weight excluding hydrogens is 164 g/mol. The standard InChI is InChI=1S/C10H20N2O/c1-3-10(7-13-8-10)9-6-12(2)5-4-11-9/h9,11H,3-8H2,1-2H3. The van der Waals surface area contributed by atoms with Gasteiger partial charge in [0, 0.05) is 31.1 Å². The first-order valence-corrected chi connectivity index (χ1v) is 5.26. The number of likely N-dealkylation sites (N-methyl/N-ethyl adjacent to an activating group) is 1. The van der Waals surface area contributed by atoms with Crippen LogP contribution in [-0.2, 0) is 4.74 Å². The van der Waals surface area contributed by atoms with Crippen molar-refractivity contribution in [1.82, 2.24) is 10.2 Å². The highest BCUT2D eigenvalue weighted by Crippen LogP contribution is 2.35. The molecule has 0 aromatic rings. The van der Waals surface area contributed by atoms with Gasteiger partial charge in [-0.05, 0) is 13.5 Å². The zero-order valence-corrected chi connectivity index (χ0v) is 8.68. The Bertz CT molecular complexity index is 174. The van der Waals surface area contributed by atoms with Crippen molar-refractivity contribution in [2.24, 2.45) is 5.41 Å². The van der Waals surface area contributed by atoms with Gasteiger partial charge in [0.2, 0.25) is 0 Å². The lowest BCUT2D eigenvalue weighted by Crippen LogP contribution is -2.63. The highest BCUT2D eigenvalue weighted by atomic mass is 16.5. The normalized spacial score (nSPS) is 34.2. The number of nitrogens with one attached hydrogen (secondary N) is 1. The van der Waals surface area contributed by atoms with Crippen LogP contribution in [0.15, 0.2) is 0 Å². The molecule has 1 N–H and O–H groups in total. The Morgan fingerprint density at radius 2 is 2.31 bits per heavy atom. The van der Waals surface area contributed by atoms with E-state index in [1.54, 1.807) is 0 Å². The Balaban J connectivity index is 1.97. The Labute approximate surface area is 80.4 Å². The molecule has 3 heteroatoms. The number of nitrogens with zero attached hydrogens (tertiary/aromatic N) is 1. The van der Waals surface area contributed by atoms with Crippen LogP contribution in [-0.4, -0.2) is 50.8 Å². The van der Waals surface area contributed by atoms with E-state index in [0.717, 1.165) is 19.8 Å². The molecule has 0 aliphatic carbocycles. The second-order valence-corrected chi connectivity index (χ2v) is 4.48. The maximum Gasteiger partial charge on any atom is 0.0560 e. The fourth-order valence-corrected chi connectivity index (χ4v) is 2.32. The third-order valence-electron chi connectivity index (χ3n) is 3.60. The van der Waals surface area contributed by atoms with E-state index in [1.165, 1.54) is 19.5 Å². The molecule has 2 saturated heterocycles. The van der Waals surface area contributed by atoms with E-state index in [4.69, 9.17) is 4.74 Å². The van der Waals surface area contributed by atoms with Crippen molar-refractivity contribution in [2.75, 3.05) is 39.9 Å². The van der Waals surface area contributed by atoms with Crippen LogP contribution in [0.5, 0.6) is 0 Å². The molecule has 0 aromatic carbocycles. The molecule has 76 valence electrons. The Hall–Kier alpha value is -0.120. The van der Waals surface area contributed by atoms with Gasteiger partial charge in [0.25, 0.3) is 0 Å². The highest BCUT2D eigenvalue weighted by molar-refractivity contribution is 4.98. The van der Waals surface area contributed by atoms with Crippen molar-refractivity contribution >= 4 is 0 Å². The molecule has 0 spiro atoms. The molecule has 0 aromatic heterocycles. The zero-order chi connectivity index (χ0) is 9.31. The molecule has 0 bridgehead atoms. The fraction of sp³-hybridized carbons (Fsp3) is 1.00. The van der Waals surface area contributed by atoms with Gasteiger partial charge in [-0.3, -0.25) is 0 Å². The average molecular weight is 184 g/mol. The van der Waals surface area contributed by atoms with Crippen molar-refractivity contribution in [3.05, 3.63) is 0 Å². The van der Waals surface area contributed by atoms with E-state index in [1.807, 2.05) is 0 Å². The van der Waals surface area contributed by atoms with Gasteiger partial charge in [-0.2, -0.15) is 0 Å². The van der Waals surface area contributed by atoms with Crippen LogP contribution in [0.4, 0.5) is 0 Å². The van der Waals surface area contributed by atoms with Gasteiger partial charge in [-0.15, -0.1) is 0 Å². The molecular formula is C10H20N2O. The summed E-state index contributed by atoms with van der Waals surface area (Å²) in [5.74, 6) is 0. The third-order valence-corrected chi connectivity index (χ3v) is 3.60. The summed E-state index contributed by atoms with van der Waals surface area (Å²) in [5.41, 5.74) is 0.439. The first kappa shape index (κ1) is 9.44. The van der Waals surface area contributed by atoms with Crippen molar-refractivity contribution in [2.45, 2.75) is 19.4 Å². The molecule has 2 heterocycles. The summed E-state index contributed by atoms with van der Waals surface area (Å²) in [6, 6.07) is 0.644. The number of piperazine rings is 1. The van der Waals surface area contributed by atoms with Gasteiger partial charge >= 0.3 is 0 Å². The topological polar surface area (TPSA) is 24.5 Å². The second-order valence-electron chi connectivity index (χ2n) is 4.48. The summed E-state index contributed by atoms with van der Waals surface area (Å²) >= 11 is 0. The van der Waals surface area contributed by atoms with Crippen LogP contribution in [0, 0.1) is 5.41 Å². The average Bonchev–Trinajstić information content (AvgIpc) is 2.03. The molecule has 13 heavy (non-hydrogen) atoms. The zero-order valence-electron chi connectivity index (χ0n) is 8.68. The van der Waals surface area contributed by atoms with Gasteiger partial charge in [-0.25, -0.2) is 0 Å². The van der Waals surface area contributed by atoms with E-state index in [9.17, 15) is 0 Å². The van der Waals surface area contributed by atoms with Crippen molar-refractivity contribution in [1.29, 1.82) is 0 Å². The minimum atomic E-state index is 0.439. The molecule has 1 atom stereocenters.